The van der Waals surface area contributed by atoms with Crippen LogP contribution in [0.25, 0.3) is 11.1 Å². The number of hydrogen-bond acceptors (Lipinski definition) is 5. The number of thiol groups is 1. The van der Waals surface area contributed by atoms with Crippen LogP contribution in [0.1, 0.15) is 17.9 Å². The zero-order valence-corrected chi connectivity index (χ0v) is 13.4. The molecule has 22 heavy (non-hydrogen) atoms. The highest BCUT2D eigenvalue weighted by Crippen LogP contribution is 2.38. The quantitative estimate of drug-likeness (QED) is 0.528. The first-order valence-electron chi connectivity index (χ1n) is 6.57. The normalized spacial score (nSPS) is 17.9. The Hall–Kier alpha value is -1.83. The highest BCUT2D eigenvalue weighted by molar-refractivity contribution is 7.87. The molecule has 2 aliphatic carbocycles. The van der Waals surface area contributed by atoms with Crippen molar-refractivity contribution < 1.29 is 13.0 Å². The van der Waals surface area contributed by atoms with Crippen molar-refractivity contribution in [3.8, 4) is 11.1 Å². The third-order valence-corrected chi connectivity index (χ3v) is 5.14. The lowest BCUT2D eigenvalue weighted by Crippen LogP contribution is -2.32. The highest BCUT2D eigenvalue weighted by Gasteiger charge is 2.35. The average molecular weight is 334 g/mol. The largest absolute Gasteiger partial charge is 0.291 e. The molecule has 1 aromatic rings. The molecule has 1 atom stereocenters. The molecule has 0 saturated carbocycles. The number of hydrogen-bond donors (Lipinski definition) is 2. The molecule has 0 aromatic heterocycles. The van der Waals surface area contributed by atoms with Gasteiger partial charge in [-0.3, -0.25) is 8.86 Å². The third kappa shape index (κ3) is 2.87. The van der Waals surface area contributed by atoms with E-state index in [1.807, 2.05) is 0 Å². The van der Waals surface area contributed by atoms with Gasteiger partial charge in [0.1, 0.15) is 5.84 Å². The monoisotopic (exact) mass is 334 g/mol. The van der Waals surface area contributed by atoms with Crippen LogP contribution in [0.15, 0.2) is 53.5 Å². The van der Waals surface area contributed by atoms with Gasteiger partial charge in [0, 0.05) is 5.56 Å². The zero-order chi connectivity index (χ0) is 15.9. The fraction of sp³-hybridized carbons (Fsp3) is 0.133. The first-order valence-corrected chi connectivity index (χ1v) is 8.47. The van der Waals surface area contributed by atoms with Crippen molar-refractivity contribution in [1.82, 2.24) is 4.31 Å². The fourth-order valence-electron chi connectivity index (χ4n) is 2.29. The Labute approximate surface area is 134 Å². The molecule has 1 N–H and O–H groups in total. The summed E-state index contributed by atoms with van der Waals surface area (Å²) in [6.45, 7) is 1.63. The van der Waals surface area contributed by atoms with Crippen LogP contribution in [0.2, 0.25) is 0 Å². The summed E-state index contributed by atoms with van der Waals surface area (Å²) in [6, 6.07) is 15.2. The lowest BCUT2D eigenvalue weighted by Gasteiger charge is -2.30. The molecule has 0 amide bonds. The minimum Gasteiger partial charge on any atom is -0.284 e. The Balaban J connectivity index is 0.000000196. The molecular formula is C15H14N2O3S2. The van der Waals surface area contributed by atoms with Crippen molar-refractivity contribution in [2.75, 3.05) is 0 Å². The molecular weight excluding hydrogens is 320 g/mol. The minimum atomic E-state index is -4.25. The molecule has 1 heterocycles. The van der Waals surface area contributed by atoms with E-state index in [2.05, 4.69) is 42.1 Å². The van der Waals surface area contributed by atoms with Gasteiger partial charge in [-0.2, -0.15) is 8.42 Å². The Bertz CT molecular complexity index is 845. The summed E-state index contributed by atoms with van der Waals surface area (Å²) in [7, 11) is -4.25. The van der Waals surface area contributed by atoms with Gasteiger partial charge in [0.15, 0.2) is 5.37 Å². The predicted octanol–water partition coefficient (Wildman–Crippen LogP) is 3.45. The summed E-state index contributed by atoms with van der Waals surface area (Å²) >= 11 is 4.03. The van der Waals surface area contributed by atoms with Gasteiger partial charge in [-0.05, 0) is 30.2 Å². The topological polar surface area (TPSA) is 70.0 Å². The van der Waals surface area contributed by atoms with Crippen LogP contribution in [0.5, 0.6) is 0 Å². The van der Waals surface area contributed by atoms with E-state index in [1.54, 1.807) is 31.2 Å². The van der Waals surface area contributed by atoms with Crippen molar-refractivity contribution in [3.63, 3.8) is 0 Å². The number of aliphatic imine (C=N–C) groups is 1. The van der Waals surface area contributed by atoms with Crippen LogP contribution in [-0.4, -0.2) is 23.1 Å². The van der Waals surface area contributed by atoms with Gasteiger partial charge in [0.2, 0.25) is 0 Å². The molecule has 1 aliphatic heterocycles. The lowest BCUT2D eigenvalue weighted by atomic mass is 10.1. The molecule has 0 saturated heterocycles. The standard InChI is InChI=1S/C9H10N2O3S2.C6H4/c1-6-10-8-5-3-2-4-7(8)9(11(6)15)16(12,13)14;1-2-5-4-6(5)3-1/h2-5,9,15H,1H3,(H,12,13,14);1-4H. The third-order valence-electron chi connectivity index (χ3n) is 3.43. The van der Waals surface area contributed by atoms with Gasteiger partial charge < -0.3 is 0 Å². The smallest absolute Gasteiger partial charge is 0.284 e. The molecule has 1 aromatic carbocycles. The molecule has 5 nitrogen and oxygen atoms in total. The lowest BCUT2D eigenvalue weighted by molar-refractivity contribution is 0.441. The molecule has 0 bridgehead atoms. The van der Waals surface area contributed by atoms with E-state index >= 15 is 0 Å². The Morgan fingerprint density at radius 1 is 1.14 bits per heavy atom. The molecule has 7 heteroatoms. The van der Waals surface area contributed by atoms with Crippen molar-refractivity contribution >= 4 is 34.5 Å². The summed E-state index contributed by atoms with van der Waals surface area (Å²) in [6.07, 6.45) is 0. The average Bonchev–Trinajstić information content (AvgIpc) is 3.05. The van der Waals surface area contributed by atoms with E-state index < -0.39 is 15.5 Å². The SMILES string of the molecule is CC1=Nc2ccccc2C(S(=O)(=O)O)N1S.c1cc2cc-2c1. The van der Waals surface area contributed by atoms with E-state index in [4.69, 9.17) is 0 Å². The van der Waals surface area contributed by atoms with Gasteiger partial charge in [-0.15, -0.1) is 0 Å². The predicted molar refractivity (Wildman–Crippen MR) is 89.8 cm³/mol. The minimum absolute atomic E-state index is 0.421. The summed E-state index contributed by atoms with van der Waals surface area (Å²) in [5.74, 6) is 0.421. The number of fused-ring (bicyclic) bond motifs is 2. The van der Waals surface area contributed by atoms with Crippen molar-refractivity contribution in [3.05, 3.63) is 54.1 Å². The summed E-state index contributed by atoms with van der Waals surface area (Å²) < 4.78 is 33.0. The van der Waals surface area contributed by atoms with Gasteiger partial charge >= 0.3 is 0 Å². The van der Waals surface area contributed by atoms with E-state index in [-0.39, 0.29) is 0 Å². The second-order valence-corrected chi connectivity index (χ2v) is 6.92. The molecule has 0 fully saturated rings. The number of benzene rings is 2. The molecule has 1 unspecified atom stereocenters. The van der Waals surface area contributed by atoms with Gasteiger partial charge in [0.05, 0.1) is 5.69 Å². The maximum atomic E-state index is 11.3. The summed E-state index contributed by atoms with van der Waals surface area (Å²) in [4.78, 5) is 4.18. The second-order valence-electron chi connectivity index (χ2n) is 5.01. The van der Waals surface area contributed by atoms with Crippen molar-refractivity contribution in [2.45, 2.75) is 12.3 Å². The highest BCUT2D eigenvalue weighted by atomic mass is 32.2. The molecule has 0 spiro atoms. The fourth-order valence-corrected chi connectivity index (χ4v) is 3.74. The maximum Gasteiger partial charge on any atom is 0.291 e. The van der Waals surface area contributed by atoms with Crippen LogP contribution < -0.4 is 0 Å². The van der Waals surface area contributed by atoms with E-state index in [0.29, 0.717) is 17.1 Å². The Morgan fingerprint density at radius 3 is 2.27 bits per heavy atom. The number of para-hydroxylation sites is 1. The number of amidine groups is 1. The summed E-state index contributed by atoms with van der Waals surface area (Å²) in [5.41, 5.74) is 3.81. The summed E-state index contributed by atoms with van der Waals surface area (Å²) in [5, 5.41) is -1.20. The molecule has 0 radical (unpaired) electrons. The molecule has 4 rings (SSSR count). The van der Waals surface area contributed by atoms with Crippen molar-refractivity contribution in [2.24, 2.45) is 4.99 Å². The van der Waals surface area contributed by atoms with E-state index in [0.717, 1.165) is 4.31 Å². The van der Waals surface area contributed by atoms with Crippen LogP contribution in [-0.2, 0) is 10.1 Å². The second kappa shape index (κ2) is 5.42. The first-order chi connectivity index (χ1) is 10.4. The number of nitrogens with zero attached hydrogens (tertiary/aromatic N) is 2. The van der Waals surface area contributed by atoms with Crippen LogP contribution in [0, 0.1) is 0 Å². The molecule has 3 aliphatic rings. The van der Waals surface area contributed by atoms with E-state index in [9.17, 15) is 13.0 Å². The molecule has 114 valence electrons. The first kappa shape index (κ1) is 15.1. The van der Waals surface area contributed by atoms with Crippen LogP contribution >= 0.6 is 12.8 Å². The van der Waals surface area contributed by atoms with Crippen LogP contribution in [0.4, 0.5) is 5.69 Å². The van der Waals surface area contributed by atoms with Crippen molar-refractivity contribution in [1.29, 1.82) is 0 Å². The van der Waals surface area contributed by atoms with Gasteiger partial charge in [-0.25, -0.2) is 4.99 Å². The zero-order valence-electron chi connectivity index (χ0n) is 11.7. The Morgan fingerprint density at radius 2 is 1.77 bits per heavy atom. The Kier molecular flexibility index (Phi) is 3.72. The van der Waals surface area contributed by atoms with Gasteiger partial charge in [0.25, 0.3) is 10.1 Å². The van der Waals surface area contributed by atoms with Crippen LogP contribution in [0.3, 0.4) is 0 Å². The maximum absolute atomic E-state index is 11.3. The van der Waals surface area contributed by atoms with E-state index in [1.165, 1.54) is 11.1 Å². The van der Waals surface area contributed by atoms with Gasteiger partial charge in [-0.1, -0.05) is 49.2 Å². The number of rotatable bonds is 1.